The highest BCUT2D eigenvalue weighted by atomic mass is 19.1. The number of benzene rings is 2. The van der Waals surface area contributed by atoms with Crippen molar-refractivity contribution in [1.82, 2.24) is 10.6 Å². The molecular formula is C18H17F2N3O3. The van der Waals surface area contributed by atoms with Gasteiger partial charge in [-0.15, -0.1) is 0 Å². The van der Waals surface area contributed by atoms with Gasteiger partial charge in [0.15, 0.2) is 11.6 Å². The van der Waals surface area contributed by atoms with Crippen LogP contribution in [0.25, 0.3) is 0 Å². The van der Waals surface area contributed by atoms with Gasteiger partial charge >= 0.3 is 6.03 Å². The SMILES string of the molecule is NC(=O)c1cccc(CNC(=O)NC2COc3c(F)cc(F)cc3C2)c1. The molecule has 0 aliphatic carbocycles. The Kier molecular flexibility index (Phi) is 5.01. The molecule has 6 nitrogen and oxygen atoms in total. The van der Waals surface area contributed by atoms with Gasteiger partial charge in [-0.05, 0) is 30.2 Å². The predicted octanol–water partition coefficient (Wildman–Crippen LogP) is 1.87. The molecular weight excluding hydrogens is 344 g/mol. The third-order valence-electron chi connectivity index (χ3n) is 3.98. The maximum Gasteiger partial charge on any atom is 0.315 e. The molecule has 3 amide bonds. The van der Waals surface area contributed by atoms with E-state index in [1.54, 1.807) is 24.3 Å². The molecule has 2 aromatic carbocycles. The Balaban J connectivity index is 1.56. The Bertz CT molecular complexity index is 858. The summed E-state index contributed by atoms with van der Waals surface area (Å²) in [5, 5.41) is 5.35. The zero-order valence-corrected chi connectivity index (χ0v) is 13.7. The minimum absolute atomic E-state index is 0.0214. The second-order valence-electron chi connectivity index (χ2n) is 5.98. The zero-order valence-electron chi connectivity index (χ0n) is 13.7. The first kappa shape index (κ1) is 17.7. The number of halogens is 2. The van der Waals surface area contributed by atoms with Gasteiger partial charge in [0.25, 0.3) is 0 Å². The molecule has 0 saturated carbocycles. The van der Waals surface area contributed by atoms with Gasteiger partial charge < -0.3 is 21.1 Å². The number of carbonyl (C=O) groups is 2. The fraction of sp³-hybridized carbons (Fsp3) is 0.222. The molecule has 26 heavy (non-hydrogen) atoms. The van der Waals surface area contributed by atoms with Crippen LogP contribution in [-0.4, -0.2) is 24.6 Å². The monoisotopic (exact) mass is 361 g/mol. The van der Waals surface area contributed by atoms with Crippen LogP contribution in [0.1, 0.15) is 21.5 Å². The van der Waals surface area contributed by atoms with Gasteiger partial charge in [0.1, 0.15) is 12.4 Å². The van der Waals surface area contributed by atoms with Crippen molar-refractivity contribution in [3.05, 3.63) is 64.7 Å². The van der Waals surface area contributed by atoms with Crippen LogP contribution >= 0.6 is 0 Å². The number of urea groups is 1. The highest BCUT2D eigenvalue weighted by Crippen LogP contribution is 2.28. The van der Waals surface area contributed by atoms with E-state index in [0.29, 0.717) is 16.7 Å². The van der Waals surface area contributed by atoms with Crippen LogP contribution in [0.3, 0.4) is 0 Å². The number of primary amides is 1. The Morgan fingerprint density at radius 2 is 2.04 bits per heavy atom. The van der Waals surface area contributed by atoms with E-state index in [-0.39, 0.29) is 25.3 Å². The van der Waals surface area contributed by atoms with Gasteiger partial charge in [-0.25, -0.2) is 13.6 Å². The molecule has 1 aliphatic rings. The molecule has 3 rings (SSSR count). The van der Waals surface area contributed by atoms with Crippen LogP contribution in [-0.2, 0) is 13.0 Å². The standard InChI is InChI=1S/C18H17F2N3O3/c19-13-5-12-6-14(9-26-16(12)15(20)7-13)23-18(25)22-8-10-2-1-3-11(4-10)17(21)24/h1-5,7,14H,6,8-9H2,(H2,21,24)(H2,22,23,25). The number of nitrogens with one attached hydrogen (secondary N) is 2. The fourth-order valence-electron chi connectivity index (χ4n) is 2.78. The number of hydrogen-bond acceptors (Lipinski definition) is 3. The summed E-state index contributed by atoms with van der Waals surface area (Å²) in [5.41, 5.74) is 6.65. The molecule has 2 aromatic rings. The maximum absolute atomic E-state index is 13.6. The molecule has 0 fully saturated rings. The van der Waals surface area contributed by atoms with Crippen LogP contribution in [0, 0.1) is 11.6 Å². The number of hydrogen-bond donors (Lipinski definition) is 3. The average molecular weight is 361 g/mol. The number of ether oxygens (including phenoxy) is 1. The predicted molar refractivity (Wildman–Crippen MR) is 89.7 cm³/mol. The van der Waals surface area contributed by atoms with E-state index < -0.39 is 29.6 Å². The Morgan fingerprint density at radius 3 is 2.81 bits per heavy atom. The number of amides is 3. The van der Waals surface area contributed by atoms with Gasteiger partial charge in [-0.2, -0.15) is 0 Å². The number of nitrogens with two attached hydrogens (primary N) is 1. The van der Waals surface area contributed by atoms with Gasteiger partial charge in [0.2, 0.25) is 5.91 Å². The summed E-state index contributed by atoms with van der Waals surface area (Å²) < 4.78 is 32.2. The minimum Gasteiger partial charge on any atom is -0.488 e. The first-order valence-electron chi connectivity index (χ1n) is 7.96. The summed E-state index contributed by atoms with van der Waals surface area (Å²) in [6.07, 6.45) is 0.259. The Hall–Kier alpha value is -3.16. The molecule has 0 radical (unpaired) electrons. The lowest BCUT2D eigenvalue weighted by molar-refractivity contribution is 0.1000. The van der Waals surface area contributed by atoms with Gasteiger partial charge in [-0.1, -0.05) is 12.1 Å². The van der Waals surface area contributed by atoms with E-state index in [2.05, 4.69) is 10.6 Å². The lowest BCUT2D eigenvalue weighted by Gasteiger charge is -2.26. The summed E-state index contributed by atoms with van der Waals surface area (Å²) >= 11 is 0. The molecule has 0 aromatic heterocycles. The lowest BCUT2D eigenvalue weighted by Crippen LogP contribution is -2.47. The first-order chi connectivity index (χ1) is 12.4. The summed E-state index contributed by atoms with van der Waals surface area (Å²) in [6, 6.07) is 7.68. The fourth-order valence-corrected chi connectivity index (χ4v) is 2.78. The molecule has 136 valence electrons. The first-order valence-corrected chi connectivity index (χ1v) is 7.96. The van der Waals surface area contributed by atoms with E-state index >= 15 is 0 Å². The summed E-state index contributed by atoms with van der Waals surface area (Å²) in [5.74, 6) is -1.97. The highest BCUT2D eigenvalue weighted by molar-refractivity contribution is 5.92. The van der Waals surface area contributed by atoms with Gasteiger partial charge in [0.05, 0.1) is 6.04 Å². The van der Waals surface area contributed by atoms with Crippen molar-refractivity contribution in [2.24, 2.45) is 5.73 Å². The topological polar surface area (TPSA) is 93.5 Å². The van der Waals surface area contributed by atoms with Crippen LogP contribution in [0.5, 0.6) is 5.75 Å². The van der Waals surface area contributed by atoms with E-state index in [1.165, 1.54) is 6.07 Å². The maximum atomic E-state index is 13.6. The van der Waals surface area contributed by atoms with Crippen molar-refractivity contribution in [3.8, 4) is 5.75 Å². The molecule has 8 heteroatoms. The summed E-state index contributed by atoms with van der Waals surface area (Å²) in [6.45, 7) is 0.278. The lowest BCUT2D eigenvalue weighted by atomic mass is 10.0. The number of carbonyl (C=O) groups excluding carboxylic acids is 2. The summed E-state index contributed by atoms with van der Waals surface area (Å²) in [4.78, 5) is 23.2. The van der Waals surface area contributed by atoms with Crippen molar-refractivity contribution in [3.63, 3.8) is 0 Å². The molecule has 0 bridgehead atoms. The van der Waals surface area contributed by atoms with Gasteiger partial charge in [0, 0.05) is 23.7 Å². The third kappa shape index (κ3) is 4.08. The van der Waals surface area contributed by atoms with Crippen molar-refractivity contribution >= 4 is 11.9 Å². The van der Waals surface area contributed by atoms with Crippen molar-refractivity contribution in [2.45, 2.75) is 19.0 Å². The Morgan fingerprint density at radius 1 is 1.23 bits per heavy atom. The largest absolute Gasteiger partial charge is 0.488 e. The second-order valence-corrected chi connectivity index (χ2v) is 5.98. The second kappa shape index (κ2) is 7.38. The third-order valence-corrected chi connectivity index (χ3v) is 3.98. The molecule has 1 heterocycles. The molecule has 1 atom stereocenters. The summed E-state index contributed by atoms with van der Waals surface area (Å²) in [7, 11) is 0. The zero-order chi connectivity index (χ0) is 18.7. The average Bonchev–Trinajstić information content (AvgIpc) is 2.59. The quantitative estimate of drug-likeness (QED) is 0.776. The van der Waals surface area contributed by atoms with Crippen LogP contribution in [0.15, 0.2) is 36.4 Å². The molecule has 1 aliphatic heterocycles. The minimum atomic E-state index is -0.753. The van der Waals surface area contributed by atoms with Crippen molar-refractivity contribution in [2.75, 3.05) is 6.61 Å². The van der Waals surface area contributed by atoms with E-state index in [4.69, 9.17) is 10.5 Å². The van der Waals surface area contributed by atoms with E-state index in [1.807, 2.05) is 0 Å². The van der Waals surface area contributed by atoms with Crippen molar-refractivity contribution in [1.29, 1.82) is 0 Å². The van der Waals surface area contributed by atoms with Crippen LogP contribution in [0.2, 0.25) is 0 Å². The smallest absolute Gasteiger partial charge is 0.315 e. The highest BCUT2D eigenvalue weighted by Gasteiger charge is 2.24. The van der Waals surface area contributed by atoms with Crippen molar-refractivity contribution < 1.29 is 23.1 Å². The van der Waals surface area contributed by atoms with Gasteiger partial charge in [-0.3, -0.25) is 4.79 Å². The number of rotatable bonds is 4. The number of fused-ring (bicyclic) bond motifs is 1. The van der Waals surface area contributed by atoms with E-state index in [9.17, 15) is 18.4 Å². The Labute approximate surface area is 148 Å². The van der Waals surface area contributed by atoms with Crippen LogP contribution in [0.4, 0.5) is 13.6 Å². The molecule has 4 N–H and O–H groups in total. The van der Waals surface area contributed by atoms with E-state index in [0.717, 1.165) is 6.07 Å². The molecule has 0 spiro atoms. The molecule has 0 saturated heterocycles. The van der Waals surface area contributed by atoms with Crippen LogP contribution < -0.4 is 21.1 Å². The normalized spacial score (nSPS) is 15.5. The molecule has 1 unspecified atom stereocenters.